The fourth-order valence-electron chi connectivity index (χ4n) is 2.15. The van der Waals surface area contributed by atoms with E-state index in [0.717, 1.165) is 10.5 Å². The molecule has 0 aliphatic carbocycles. The maximum atomic E-state index is 12.4. The summed E-state index contributed by atoms with van der Waals surface area (Å²) in [5, 5.41) is 10.4. The highest BCUT2D eigenvalue weighted by atomic mass is 32.2. The second kappa shape index (κ2) is 7.78. The Kier molecular flexibility index (Phi) is 5.76. The molecule has 0 aromatic heterocycles. The lowest BCUT2D eigenvalue weighted by Crippen LogP contribution is -2.32. The molecule has 2 aromatic carbocycles. The lowest BCUT2D eigenvalue weighted by atomic mass is 10.2. The zero-order chi connectivity index (χ0) is 16.8. The summed E-state index contributed by atoms with van der Waals surface area (Å²) in [6.45, 7) is 2.40. The first kappa shape index (κ1) is 17.0. The highest BCUT2D eigenvalue weighted by molar-refractivity contribution is 8.00. The third-order valence-corrected chi connectivity index (χ3v) is 4.45. The molecule has 0 saturated carbocycles. The van der Waals surface area contributed by atoms with Crippen molar-refractivity contribution in [1.29, 1.82) is 0 Å². The van der Waals surface area contributed by atoms with Crippen LogP contribution in [0.5, 0.6) is 0 Å². The molecular formula is C17H18N2O3S. The van der Waals surface area contributed by atoms with Crippen LogP contribution in [0.1, 0.15) is 12.5 Å². The summed E-state index contributed by atoms with van der Waals surface area (Å²) in [5.74, 6) is 0.0252. The van der Waals surface area contributed by atoms with Crippen LogP contribution in [0.25, 0.3) is 0 Å². The van der Waals surface area contributed by atoms with Crippen molar-refractivity contribution in [3.63, 3.8) is 0 Å². The quantitative estimate of drug-likeness (QED) is 0.460. The lowest BCUT2D eigenvalue weighted by Gasteiger charge is -2.21. The Labute approximate surface area is 139 Å². The molecule has 0 N–H and O–H groups in total. The van der Waals surface area contributed by atoms with Crippen molar-refractivity contribution >= 4 is 23.4 Å². The van der Waals surface area contributed by atoms with E-state index in [9.17, 15) is 14.9 Å². The summed E-state index contributed by atoms with van der Waals surface area (Å²) >= 11 is 1.40. The molecule has 120 valence electrons. The van der Waals surface area contributed by atoms with E-state index in [-0.39, 0.29) is 16.8 Å². The number of nitro benzene ring substituents is 1. The molecule has 0 aliphatic rings. The van der Waals surface area contributed by atoms with Crippen LogP contribution in [0.15, 0.2) is 59.5 Å². The minimum absolute atomic E-state index is 0.0252. The SMILES string of the molecule is C[C@@H](Sc1ccc([N+](=O)[O-])cc1)C(=O)N(C)Cc1ccccc1. The zero-order valence-corrected chi connectivity index (χ0v) is 13.8. The fourth-order valence-corrected chi connectivity index (χ4v) is 3.13. The second-order valence-corrected chi connectivity index (χ2v) is 6.61. The predicted molar refractivity (Wildman–Crippen MR) is 91.3 cm³/mol. The van der Waals surface area contributed by atoms with Gasteiger partial charge in [-0.05, 0) is 24.6 Å². The number of carbonyl (C=O) groups excluding carboxylic acids is 1. The summed E-state index contributed by atoms with van der Waals surface area (Å²) in [6, 6.07) is 16.0. The van der Waals surface area contributed by atoms with Crippen LogP contribution in [0.4, 0.5) is 5.69 Å². The highest BCUT2D eigenvalue weighted by Gasteiger charge is 2.19. The monoisotopic (exact) mass is 330 g/mol. The van der Waals surface area contributed by atoms with E-state index in [1.54, 1.807) is 24.1 Å². The number of nitro groups is 1. The maximum absolute atomic E-state index is 12.4. The van der Waals surface area contributed by atoms with Gasteiger partial charge in [0.2, 0.25) is 5.91 Å². The molecule has 2 aromatic rings. The van der Waals surface area contributed by atoms with Gasteiger partial charge in [0.05, 0.1) is 10.2 Å². The van der Waals surface area contributed by atoms with Gasteiger partial charge in [0.25, 0.3) is 5.69 Å². The third kappa shape index (κ3) is 4.82. The van der Waals surface area contributed by atoms with Crippen molar-refractivity contribution in [2.75, 3.05) is 7.05 Å². The number of rotatable bonds is 6. The molecule has 0 unspecified atom stereocenters. The van der Waals surface area contributed by atoms with Gasteiger partial charge in [-0.2, -0.15) is 0 Å². The number of amides is 1. The molecular weight excluding hydrogens is 312 g/mol. The number of non-ortho nitro benzene ring substituents is 1. The van der Waals surface area contributed by atoms with Crippen molar-refractivity contribution in [3.8, 4) is 0 Å². The summed E-state index contributed by atoms with van der Waals surface area (Å²) < 4.78 is 0. The van der Waals surface area contributed by atoms with Crippen LogP contribution >= 0.6 is 11.8 Å². The first-order chi connectivity index (χ1) is 11.0. The average molecular weight is 330 g/mol. The summed E-state index contributed by atoms with van der Waals surface area (Å²) in [7, 11) is 1.78. The van der Waals surface area contributed by atoms with E-state index in [4.69, 9.17) is 0 Å². The molecule has 0 heterocycles. The maximum Gasteiger partial charge on any atom is 0.269 e. The Bertz CT molecular complexity index is 674. The van der Waals surface area contributed by atoms with E-state index in [1.165, 1.54) is 23.9 Å². The Balaban J connectivity index is 1.95. The number of thioether (sulfide) groups is 1. The molecule has 0 aliphatic heterocycles. The Morgan fingerprint density at radius 1 is 1.17 bits per heavy atom. The normalized spacial score (nSPS) is 11.7. The Morgan fingerprint density at radius 3 is 2.35 bits per heavy atom. The van der Waals surface area contributed by atoms with E-state index < -0.39 is 4.92 Å². The topological polar surface area (TPSA) is 63.5 Å². The van der Waals surface area contributed by atoms with Gasteiger partial charge >= 0.3 is 0 Å². The number of hydrogen-bond donors (Lipinski definition) is 0. The van der Waals surface area contributed by atoms with E-state index in [2.05, 4.69) is 0 Å². The molecule has 2 rings (SSSR count). The molecule has 23 heavy (non-hydrogen) atoms. The Morgan fingerprint density at radius 2 is 1.78 bits per heavy atom. The van der Waals surface area contributed by atoms with Gasteiger partial charge < -0.3 is 4.90 Å². The second-order valence-electron chi connectivity index (χ2n) is 5.19. The minimum Gasteiger partial charge on any atom is -0.340 e. The molecule has 1 amide bonds. The fraction of sp³-hybridized carbons (Fsp3) is 0.235. The summed E-state index contributed by atoms with van der Waals surface area (Å²) in [6.07, 6.45) is 0. The van der Waals surface area contributed by atoms with Gasteiger partial charge in [-0.25, -0.2) is 0 Å². The van der Waals surface area contributed by atoms with Gasteiger partial charge in [-0.1, -0.05) is 30.3 Å². The zero-order valence-electron chi connectivity index (χ0n) is 13.0. The first-order valence-corrected chi connectivity index (χ1v) is 8.05. The molecule has 0 spiro atoms. The minimum atomic E-state index is -0.434. The van der Waals surface area contributed by atoms with Crippen LogP contribution in [-0.2, 0) is 11.3 Å². The van der Waals surface area contributed by atoms with Gasteiger partial charge in [-0.15, -0.1) is 11.8 Å². The summed E-state index contributed by atoms with van der Waals surface area (Å²) in [4.78, 5) is 25.2. The van der Waals surface area contributed by atoms with Gasteiger partial charge in [0.1, 0.15) is 0 Å². The van der Waals surface area contributed by atoms with Crippen LogP contribution in [0.3, 0.4) is 0 Å². The van der Waals surface area contributed by atoms with Gasteiger partial charge in [0, 0.05) is 30.6 Å². The van der Waals surface area contributed by atoms with E-state index in [1.807, 2.05) is 37.3 Å². The van der Waals surface area contributed by atoms with Crippen LogP contribution in [-0.4, -0.2) is 28.0 Å². The average Bonchev–Trinajstić information content (AvgIpc) is 2.55. The van der Waals surface area contributed by atoms with Crippen molar-refractivity contribution in [2.45, 2.75) is 23.6 Å². The molecule has 6 heteroatoms. The molecule has 0 radical (unpaired) electrons. The number of benzene rings is 2. The van der Waals surface area contributed by atoms with E-state index >= 15 is 0 Å². The number of nitrogens with zero attached hydrogens (tertiary/aromatic N) is 2. The van der Waals surface area contributed by atoms with Crippen LogP contribution in [0.2, 0.25) is 0 Å². The van der Waals surface area contributed by atoms with Crippen molar-refractivity contribution in [3.05, 3.63) is 70.3 Å². The standard InChI is InChI=1S/C17H18N2O3S/c1-13(23-16-10-8-15(9-11-16)19(21)22)17(20)18(2)12-14-6-4-3-5-7-14/h3-11,13H,12H2,1-2H3/t13-/m1/s1. The van der Waals surface area contributed by atoms with Gasteiger partial charge in [-0.3, -0.25) is 14.9 Å². The van der Waals surface area contributed by atoms with Crippen molar-refractivity contribution in [1.82, 2.24) is 4.90 Å². The predicted octanol–water partition coefficient (Wildman–Crippen LogP) is 3.73. The van der Waals surface area contributed by atoms with Crippen LogP contribution < -0.4 is 0 Å². The van der Waals surface area contributed by atoms with Crippen molar-refractivity contribution in [2.24, 2.45) is 0 Å². The lowest BCUT2D eigenvalue weighted by molar-refractivity contribution is -0.384. The van der Waals surface area contributed by atoms with Crippen LogP contribution in [0, 0.1) is 10.1 Å². The molecule has 0 fully saturated rings. The Hall–Kier alpha value is -2.34. The van der Waals surface area contributed by atoms with Crippen molar-refractivity contribution < 1.29 is 9.72 Å². The van der Waals surface area contributed by atoms with E-state index in [0.29, 0.717) is 6.54 Å². The smallest absolute Gasteiger partial charge is 0.269 e. The molecule has 1 atom stereocenters. The molecule has 5 nitrogen and oxygen atoms in total. The number of carbonyl (C=O) groups is 1. The largest absolute Gasteiger partial charge is 0.340 e. The first-order valence-electron chi connectivity index (χ1n) is 7.17. The molecule has 0 saturated heterocycles. The highest BCUT2D eigenvalue weighted by Crippen LogP contribution is 2.26. The third-order valence-electron chi connectivity index (χ3n) is 3.35. The molecule has 0 bridgehead atoms. The number of hydrogen-bond acceptors (Lipinski definition) is 4. The summed E-state index contributed by atoms with van der Waals surface area (Å²) in [5.41, 5.74) is 1.13. The van der Waals surface area contributed by atoms with Gasteiger partial charge in [0.15, 0.2) is 0 Å².